The Kier molecular flexibility index (Phi) is 9.99. The van der Waals surface area contributed by atoms with E-state index in [9.17, 15) is 14.4 Å². The van der Waals surface area contributed by atoms with Crippen LogP contribution in [-0.2, 0) is 10.2 Å². The number of anilines is 1. The predicted molar refractivity (Wildman–Crippen MR) is 159 cm³/mol. The molecule has 0 aliphatic heterocycles. The molecule has 40 heavy (non-hydrogen) atoms. The Balaban J connectivity index is 1.47. The van der Waals surface area contributed by atoms with Gasteiger partial charge in [-0.3, -0.25) is 30.6 Å². The fourth-order valence-electron chi connectivity index (χ4n) is 3.53. The molecule has 0 bridgehead atoms. The number of benzene rings is 3. The van der Waals surface area contributed by atoms with Gasteiger partial charge in [-0.2, -0.15) is 0 Å². The molecule has 0 heterocycles. The Morgan fingerprint density at radius 3 is 1.98 bits per heavy atom. The summed E-state index contributed by atoms with van der Waals surface area (Å²) < 4.78 is 10.4. The quantitative estimate of drug-likeness (QED) is 0.190. The zero-order chi connectivity index (χ0) is 29.3. The Labute approximate surface area is 238 Å². The summed E-state index contributed by atoms with van der Waals surface area (Å²) in [4.78, 5) is 37.2. The topological polar surface area (TPSA) is 118 Å². The van der Waals surface area contributed by atoms with E-state index in [2.05, 4.69) is 42.3 Å². The van der Waals surface area contributed by atoms with Gasteiger partial charge >= 0.3 is 0 Å². The highest BCUT2D eigenvalue weighted by molar-refractivity contribution is 7.80. The average molecular weight is 561 g/mol. The van der Waals surface area contributed by atoms with E-state index in [4.69, 9.17) is 21.7 Å². The molecule has 0 radical (unpaired) electrons. The van der Waals surface area contributed by atoms with E-state index in [0.717, 1.165) is 11.1 Å². The molecule has 0 spiro atoms. The standard InChI is InChI=1S/C30H32N4O5S/c1-30(2,3)22-12-8-20(9-13-22)27(36)31-23-14-10-21(11-15-23)28(37)33-34-29(40)32-26(35)17-7-19-6-16-24(38-4)25(18-19)39-5/h6-18H,1-5H3,(H,31,36)(H,33,37)(H2,32,34,35,40)/b17-7+. The molecule has 0 saturated heterocycles. The third-order valence-electron chi connectivity index (χ3n) is 5.78. The second kappa shape index (κ2) is 13.4. The first kappa shape index (κ1) is 29.9. The van der Waals surface area contributed by atoms with Crippen molar-refractivity contribution >= 4 is 46.8 Å². The van der Waals surface area contributed by atoms with Crippen LogP contribution in [0.4, 0.5) is 5.69 Å². The van der Waals surface area contributed by atoms with Gasteiger partial charge in [-0.05, 0) is 83.4 Å². The van der Waals surface area contributed by atoms with E-state index in [-0.39, 0.29) is 16.4 Å². The molecule has 0 fully saturated rings. The summed E-state index contributed by atoms with van der Waals surface area (Å²) in [6.45, 7) is 6.33. The van der Waals surface area contributed by atoms with E-state index in [1.165, 1.54) is 20.3 Å². The molecule has 0 aliphatic rings. The molecule has 9 nitrogen and oxygen atoms in total. The molecule has 3 rings (SSSR count). The molecular weight excluding hydrogens is 528 g/mol. The Bertz CT molecular complexity index is 1410. The second-order valence-corrected chi connectivity index (χ2v) is 10.1. The number of carbonyl (C=O) groups excluding carboxylic acids is 3. The van der Waals surface area contributed by atoms with Gasteiger partial charge in [-0.25, -0.2) is 0 Å². The minimum Gasteiger partial charge on any atom is -0.493 e. The molecule has 0 saturated carbocycles. The fraction of sp³-hybridized carbons (Fsp3) is 0.200. The van der Waals surface area contributed by atoms with Crippen LogP contribution in [-0.4, -0.2) is 37.1 Å². The number of rotatable bonds is 7. The minimum atomic E-state index is -0.491. The van der Waals surface area contributed by atoms with Crippen LogP contribution >= 0.6 is 12.2 Å². The SMILES string of the molecule is COc1ccc(/C=C/C(=O)NC(=S)NNC(=O)c2ccc(NC(=O)c3ccc(C(C)(C)C)cc3)cc2)cc1OC. The number of hydrogen-bond acceptors (Lipinski definition) is 6. The van der Waals surface area contributed by atoms with Gasteiger partial charge in [0.15, 0.2) is 16.6 Å². The highest BCUT2D eigenvalue weighted by Gasteiger charge is 2.15. The molecule has 0 aromatic heterocycles. The van der Waals surface area contributed by atoms with Crippen molar-refractivity contribution in [3.63, 3.8) is 0 Å². The molecule has 3 aromatic rings. The molecule has 4 N–H and O–H groups in total. The van der Waals surface area contributed by atoms with Gasteiger partial charge in [0, 0.05) is 22.9 Å². The van der Waals surface area contributed by atoms with Crippen molar-refractivity contribution in [1.82, 2.24) is 16.2 Å². The lowest BCUT2D eigenvalue weighted by Gasteiger charge is -2.19. The van der Waals surface area contributed by atoms with Crippen molar-refractivity contribution in [1.29, 1.82) is 0 Å². The Morgan fingerprint density at radius 2 is 1.38 bits per heavy atom. The lowest BCUT2D eigenvalue weighted by atomic mass is 9.87. The van der Waals surface area contributed by atoms with Crippen molar-refractivity contribution in [3.8, 4) is 11.5 Å². The number of hydrazine groups is 1. The van der Waals surface area contributed by atoms with E-state index in [1.807, 2.05) is 12.1 Å². The smallest absolute Gasteiger partial charge is 0.269 e. The van der Waals surface area contributed by atoms with Crippen molar-refractivity contribution in [3.05, 3.63) is 95.1 Å². The molecular formula is C30H32N4O5S. The summed E-state index contributed by atoms with van der Waals surface area (Å²) in [7, 11) is 3.06. The first-order chi connectivity index (χ1) is 19.0. The lowest BCUT2D eigenvalue weighted by molar-refractivity contribution is -0.115. The summed E-state index contributed by atoms with van der Waals surface area (Å²) in [5.41, 5.74) is 8.16. The van der Waals surface area contributed by atoms with Gasteiger partial charge in [0.25, 0.3) is 11.8 Å². The molecule has 3 amide bonds. The van der Waals surface area contributed by atoms with Gasteiger partial charge in [0.1, 0.15) is 0 Å². The number of thiocarbonyl (C=S) groups is 1. The van der Waals surface area contributed by atoms with Crippen LogP contribution in [0, 0.1) is 0 Å². The first-order valence-electron chi connectivity index (χ1n) is 12.3. The summed E-state index contributed by atoms with van der Waals surface area (Å²) in [6.07, 6.45) is 2.88. The van der Waals surface area contributed by atoms with Crippen molar-refractivity contribution in [2.24, 2.45) is 0 Å². The largest absolute Gasteiger partial charge is 0.493 e. The van der Waals surface area contributed by atoms with Crippen molar-refractivity contribution in [2.45, 2.75) is 26.2 Å². The van der Waals surface area contributed by atoms with Gasteiger partial charge in [-0.1, -0.05) is 39.0 Å². The number of amides is 3. The summed E-state index contributed by atoms with van der Waals surface area (Å²) >= 11 is 5.07. The summed E-state index contributed by atoms with van der Waals surface area (Å²) in [5.74, 6) is -0.110. The second-order valence-electron chi connectivity index (χ2n) is 9.70. The van der Waals surface area contributed by atoms with E-state index in [1.54, 1.807) is 60.7 Å². The molecule has 3 aromatic carbocycles. The highest BCUT2D eigenvalue weighted by atomic mass is 32.1. The Hall–Kier alpha value is -4.70. The molecule has 0 atom stereocenters. The summed E-state index contributed by atoms with van der Waals surface area (Å²) in [5, 5.41) is 5.17. The molecule has 10 heteroatoms. The minimum absolute atomic E-state index is 0.000403. The van der Waals surface area contributed by atoms with Crippen molar-refractivity contribution < 1.29 is 23.9 Å². The van der Waals surface area contributed by atoms with Crippen LogP contribution in [0.25, 0.3) is 6.08 Å². The first-order valence-corrected chi connectivity index (χ1v) is 12.7. The van der Waals surface area contributed by atoms with Crippen LogP contribution in [0.2, 0.25) is 0 Å². The maximum atomic E-state index is 12.6. The average Bonchev–Trinajstić information content (AvgIpc) is 2.94. The number of carbonyl (C=O) groups is 3. The zero-order valence-corrected chi connectivity index (χ0v) is 23.8. The van der Waals surface area contributed by atoms with Gasteiger partial charge in [-0.15, -0.1) is 0 Å². The van der Waals surface area contributed by atoms with Crippen LogP contribution in [0.5, 0.6) is 11.5 Å². The maximum Gasteiger partial charge on any atom is 0.269 e. The van der Waals surface area contributed by atoms with E-state index >= 15 is 0 Å². The number of ether oxygens (including phenoxy) is 2. The molecule has 208 valence electrons. The molecule has 0 unspecified atom stereocenters. The normalized spacial score (nSPS) is 10.9. The fourth-order valence-corrected chi connectivity index (χ4v) is 3.68. The lowest BCUT2D eigenvalue weighted by Crippen LogP contribution is -2.48. The number of methoxy groups -OCH3 is 2. The van der Waals surface area contributed by atoms with Gasteiger partial charge < -0.3 is 14.8 Å². The number of hydrogen-bond donors (Lipinski definition) is 4. The predicted octanol–water partition coefficient (Wildman–Crippen LogP) is 4.60. The highest BCUT2D eigenvalue weighted by Crippen LogP contribution is 2.28. The van der Waals surface area contributed by atoms with Crippen LogP contribution in [0.15, 0.2) is 72.8 Å². The number of nitrogens with one attached hydrogen (secondary N) is 4. The van der Waals surface area contributed by atoms with E-state index < -0.39 is 11.8 Å². The third-order valence-corrected chi connectivity index (χ3v) is 5.98. The monoisotopic (exact) mass is 560 g/mol. The van der Waals surface area contributed by atoms with E-state index in [0.29, 0.717) is 28.3 Å². The van der Waals surface area contributed by atoms with Crippen molar-refractivity contribution in [2.75, 3.05) is 19.5 Å². The van der Waals surface area contributed by atoms with Gasteiger partial charge in [0.05, 0.1) is 14.2 Å². The van der Waals surface area contributed by atoms with Crippen LogP contribution in [0.1, 0.15) is 52.6 Å². The maximum absolute atomic E-state index is 12.6. The third kappa shape index (κ3) is 8.40. The zero-order valence-electron chi connectivity index (χ0n) is 23.0. The van der Waals surface area contributed by atoms with Crippen LogP contribution < -0.4 is 31.0 Å². The Morgan fingerprint density at radius 1 is 0.775 bits per heavy atom. The molecule has 0 aliphatic carbocycles. The van der Waals surface area contributed by atoms with Gasteiger partial charge in [0.2, 0.25) is 5.91 Å². The summed E-state index contributed by atoms with van der Waals surface area (Å²) in [6, 6.07) is 19.0. The van der Waals surface area contributed by atoms with Crippen LogP contribution in [0.3, 0.4) is 0 Å².